The van der Waals surface area contributed by atoms with E-state index in [0.29, 0.717) is 32.1 Å². The predicted octanol–water partition coefficient (Wildman–Crippen LogP) is 1.09. The predicted molar refractivity (Wildman–Crippen MR) is 76.7 cm³/mol. The van der Waals surface area contributed by atoms with Crippen molar-refractivity contribution in [2.75, 3.05) is 31.6 Å². The Hall–Kier alpha value is -1.86. The lowest BCUT2D eigenvalue weighted by molar-refractivity contribution is -0.135. The smallest absolute Gasteiger partial charge is 0.337 e. The van der Waals surface area contributed by atoms with Crippen molar-refractivity contribution >= 4 is 29.3 Å². The van der Waals surface area contributed by atoms with Gasteiger partial charge in [-0.25, -0.2) is 9.78 Å². The van der Waals surface area contributed by atoms with Crippen LogP contribution in [-0.2, 0) is 9.53 Å². The number of nitrogens with zero attached hydrogens (tertiary/aromatic N) is 2. The van der Waals surface area contributed by atoms with Crippen molar-refractivity contribution in [3.63, 3.8) is 0 Å². The molecule has 8 heteroatoms. The zero-order chi connectivity index (χ0) is 15.4. The lowest BCUT2D eigenvalue weighted by Crippen LogP contribution is -2.47. The van der Waals surface area contributed by atoms with E-state index in [1.165, 1.54) is 12.3 Å². The first-order chi connectivity index (χ1) is 9.99. The van der Waals surface area contributed by atoms with Crippen LogP contribution in [0.5, 0.6) is 0 Å². The van der Waals surface area contributed by atoms with Crippen LogP contribution in [-0.4, -0.2) is 59.2 Å². The van der Waals surface area contributed by atoms with Gasteiger partial charge in [0.25, 0.3) is 0 Å². The molecule has 0 radical (unpaired) electrons. The van der Waals surface area contributed by atoms with E-state index in [9.17, 15) is 9.59 Å². The van der Waals surface area contributed by atoms with E-state index in [0.717, 1.165) is 0 Å². The Morgan fingerprint density at radius 3 is 2.76 bits per heavy atom. The molecular weight excluding hydrogens is 298 g/mol. The molecule has 1 unspecified atom stereocenters. The molecule has 2 N–H and O–H groups in total. The third-order valence-corrected chi connectivity index (χ3v) is 3.44. The number of aromatic nitrogens is 1. The summed E-state index contributed by atoms with van der Waals surface area (Å²) >= 11 is 5.75. The summed E-state index contributed by atoms with van der Waals surface area (Å²) < 4.78 is 5.20. The van der Waals surface area contributed by atoms with E-state index in [4.69, 9.17) is 21.4 Å². The van der Waals surface area contributed by atoms with E-state index < -0.39 is 12.0 Å². The zero-order valence-corrected chi connectivity index (χ0v) is 12.3. The molecule has 0 aliphatic carbocycles. The highest BCUT2D eigenvalue weighted by atomic mass is 35.5. The number of rotatable bonds is 4. The van der Waals surface area contributed by atoms with E-state index in [1.54, 1.807) is 11.8 Å². The van der Waals surface area contributed by atoms with E-state index in [1.807, 2.05) is 0 Å². The topological polar surface area (TPSA) is 91.8 Å². The second-order valence-electron chi connectivity index (χ2n) is 4.66. The van der Waals surface area contributed by atoms with Gasteiger partial charge in [0.05, 0.1) is 23.8 Å². The number of ether oxygens (including phenoxy) is 1. The number of carbonyl (C=O) groups excluding carboxylic acids is 1. The molecule has 1 aromatic rings. The van der Waals surface area contributed by atoms with Gasteiger partial charge in [-0.1, -0.05) is 11.6 Å². The number of nitrogens with one attached hydrogen (secondary N) is 1. The number of aromatic carboxylic acids is 1. The molecule has 1 aromatic heterocycles. The lowest BCUT2D eigenvalue weighted by Gasteiger charge is -2.29. The van der Waals surface area contributed by atoms with Crippen LogP contribution in [0.3, 0.4) is 0 Å². The van der Waals surface area contributed by atoms with E-state index in [-0.39, 0.29) is 16.5 Å². The number of halogens is 1. The maximum absolute atomic E-state index is 12.2. The van der Waals surface area contributed by atoms with Crippen molar-refractivity contribution in [3.8, 4) is 0 Å². The molecular formula is C13H16ClN3O4. The van der Waals surface area contributed by atoms with Crippen molar-refractivity contribution in [1.29, 1.82) is 0 Å². The number of hydrogen-bond donors (Lipinski definition) is 2. The molecule has 1 amide bonds. The van der Waals surface area contributed by atoms with Crippen LogP contribution in [0.15, 0.2) is 12.3 Å². The fraction of sp³-hybridized carbons (Fsp3) is 0.462. The van der Waals surface area contributed by atoms with Crippen LogP contribution in [0, 0.1) is 0 Å². The Kier molecular flexibility index (Phi) is 4.98. The van der Waals surface area contributed by atoms with Gasteiger partial charge in [0.1, 0.15) is 11.9 Å². The first-order valence-corrected chi connectivity index (χ1v) is 6.88. The van der Waals surface area contributed by atoms with E-state index in [2.05, 4.69) is 10.3 Å². The molecule has 21 heavy (non-hydrogen) atoms. The monoisotopic (exact) mass is 313 g/mol. The number of pyridine rings is 1. The SMILES string of the molecule is CC(Nc1cc(C(=O)O)c(Cl)cn1)C(=O)N1CCOCC1. The summed E-state index contributed by atoms with van der Waals surface area (Å²) in [5, 5.41) is 12.0. The molecule has 1 atom stereocenters. The number of anilines is 1. The van der Waals surface area contributed by atoms with Gasteiger partial charge in [-0.05, 0) is 13.0 Å². The molecule has 114 valence electrons. The number of hydrogen-bond acceptors (Lipinski definition) is 5. The highest BCUT2D eigenvalue weighted by Crippen LogP contribution is 2.18. The number of amides is 1. The second kappa shape index (κ2) is 6.73. The van der Waals surface area contributed by atoms with Crippen molar-refractivity contribution in [3.05, 3.63) is 22.8 Å². The van der Waals surface area contributed by atoms with Gasteiger partial charge in [-0.15, -0.1) is 0 Å². The quantitative estimate of drug-likeness (QED) is 0.864. The van der Waals surface area contributed by atoms with E-state index >= 15 is 0 Å². The van der Waals surface area contributed by atoms with Crippen molar-refractivity contribution in [2.45, 2.75) is 13.0 Å². The number of carbonyl (C=O) groups is 2. The van der Waals surface area contributed by atoms with Gasteiger partial charge < -0.3 is 20.1 Å². The fourth-order valence-electron chi connectivity index (χ4n) is 2.02. The molecule has 1 aliphatic rings. The fourth-order valence-corrected chi connectivity index (χ4v) is 2.21. The first-order valence-electron chi connectivity index (χ1n) is 6.51. The Labute approximate surface area is 126 Å². The Morgan fingerprint density at radius 1 is 1.48 bits per heavy atom. The summed E-state index contributed by atoms with van der Waals surface area (Å²) in [6.07, 6.45) is 1.25. The minimum atomic E-state index is -1.14. The number of carboxylic acids is 1. The van der Waals surface area contributed by atoms with Crippen LogP contribution in [0.25, 0.3) is 0 Å². The van der Waals surface area contributed by atoms with Crippen molar-refractivity contribution in [2.24, 2.45) is 0 Å². The van der Waals surface area contributed by atoms with Crippen LogP contribution >= 0.6 is 11.6 Å². The summed E-state index contributed by atoms with van der Waals surface area (Å²) in [6, 6.07) is 0.798. The van der Waals surface area contributed by atoms with Gasteiger partial charge in [0.15, 0.2) is 0 Å². The Balaban J connectivity index is 2.05. The molecule has 0 saturated carbocycles. The van der Waals surface area contributed by atoms with Gasteiger partial charge in [-0.3, -0.25) is 4.79 Å². The third-order valence-electron chi connectivity index (χ3n) is 3.14. The normalized spacial score (nSPS) is 16.4. The minimum Gasteiger partial charge on any atom is -0.478 e. The Morgan fingerprint density at radius 2 is 2.14 bits per heavy atom. The molecule has 7 nitrogen and oxygen atoms in total. The first kappa shape index (κ1) is 15.5. The molecule has 2 rings (SSSR count). The third kappa shape index (κ3) is 3.83. The summed E-state index contributed by atoms with van der Waals surface area (Å²) in [5.74, 6) is -0.921. The number of carboxylic acid groups (broad SMARTS) is 1. The molecule has 0 aromatic carbocycles. The summed E-state index contributed by atoms with van der Waals surface area (Å²) in [6.45, 7) is 3.87. The largest absolute Gasteiger partial charge is 0.478 e. The molecule has 0 bridgehead atoms. The van der Waals surface area contributed by atoms with Crippen molar-refractivity contribution in [1.82, 2.24) is 9.88 Å². The average Bonchev–Trinajstić information content (AvgIpc) is 2.49. The molecule has 1 fully saturated rings. The molecule has 1 aliphatic heterocycles. The molecule has 0 spiro atoms. The second-order valence-corrected chi connectivity index (χ2v) is 5.07. The van der Waals surface area contributed by atoms with Crippen LogP contribution < -0.4 is 5.32 Å². The lowest BCUT2D eigenvalue weighted by atomic mass is 10.2. The summed E-state index contributed by atoms with van der Waals surface area (Å²) in [7, 11) is 0. The van der Waals surface area contributed by atoms with Crippen LogP contribution in [0.2, 0.25) is 5.02 Å². The van der Waals surface area contributed by atoms with Gasteiger partial charge >= 0.3 is 5.97 Å². The summed E-state index contributed by atoms with van der Waals surface area (Å²) in [4.78, 5) is 28.9. The average molecular weight is 314 g/mol. The summed E-state index contributed by atoms with van der Waals surface area (Å²) in [5.41, 5.74) is -0.0554. The molecule has 2 heterocycles. The van der Waals surface area contributed by atoms with Gasteiger partial charge in [-0.2, -0.15) is 0 Å². The zero-order valence-electron chi connectivity index (χ0n) is 11.5. The van der Waals surface area contributed by atoms with Crippen LogP contribution in [0.4, 0.5) is 5.82 Å². The molecule has 1 saturated heterocycles. The minimum absolute atomic E-state index is 0.0554. The highest BCUT2D eigenvalue weighted by Gasteiger charge is 2.23. The van der Waals surface area contributed by atoms with Gasteiger partial charge in [0, 0.05) is 19.3 Å². The van der Waals surface area contributed by atoms with Crippen LogP contribution in [0.1, 0.15) is 17.3 Å². The maximum Gasteiger partial charge on any atom is 0.337 e. The highest BCUT2D eigenvalue weighted by molar-refractivity contribution is 6.33. The maximum atomic E-state index is 12.2. The standard InChI is InChI=1S/C13H16ClN3O4/c1-8(12(18)17-2-4-21-5-3-17)16-11-6-9(13(19)20)10(14)7-15-11/h6-8H,2-5H2,1H3,(H,15,16)(H,19,20). The Bertz CT molecular complexity index is 546. The van der Waals surface area contributed by atoms with Gasteiger partial charge in [0.2, 0.25) is 5.91 Å². The number of morpholine rings is 1. The van der Waals surface area contributed by atoms with Crippen molar-refractivity contribution < 1.29 is 19.4 Å².